The molecule has 1 aromatic heterocycles. The van der Waals surface area contributed by atoms with Gasteiger partial charge in [-0.3, -0.25) is 0 Å². The summed E-state index contributed by atoms with van der Waals surface area (Å²) in [7, 11) is 0. The molecule has 2 N–H and O–H groups in total. The summed E-state index contributed by atoms with van der Waals surface area (Å²) >= 11 is 0. The first kappa shape index (κ1) is 11.7. The van der Waals surface area contributed by atoms with Gasteiger partial charge in [0.15, 0.2) is 5.82 Å². The van der Waals surface area contributed by atoms with E-state index in [1.807, 2.05) is 6.07 Å². The number of benzene rings is 1. The smallest absolute Gasteiger partial charge is 0.151 e. The van der Waals surface area contributed by atoms with Gasteiger partial charge in [0.1, 0.15) is 11.3 Å². The number of nitrogens with zero attached hydrogens (tertiary/aromatic N) is 2. The normalized spacial score (nSPS) is 17.3. The van der Waals surface area contributed by atoms with Gasteiger partial charge >= 0.3 is 0 Å². The van der Waals surface area contributed by atoms with Gasteiger partial charge in [0.05, 0.1) is 11.6 Å². The first-order valence-electron chi connectivity index (χ1n) is 6.64. The van der Waals surface area contributed by atoms with Crippen molar-refractivity contribution in [3.63, 3.8) is 0 Å². The van der Waals surface area contributed by atoms with E-state index in [2.05, 4.69) is 16.5 Å². The van der Waals surface area contributed by atoms with Gasteiger partial charge in [-0.15, -0.1) is 0 Å². The molecule has 3 nitrogen and oxygen atoms in total. The average molecular weight is 247 g/mol. The first-order chi connectivity index (χ1) is 8.72. The van der Waals surface area contributed by atoms with Crippen LogP contribution >= 0.6 is 0 Å². The lowest BCUT2D eigenvalue weighted by Gasteiger charge is -2.13. The van der Waals surface area contributed by atoms with Crippen molar-refractivity contribution in [2.45, 2.75) is 44.7 Å². The molecule has 0 radical (unpaired) electrons. The molecule has 0 spiro atoms. The van der Waals surface area contributed by atoms with Crippen molar-refractivity contribution in [2.75, 3.05) is 0 Å². The van der Waals surface area contributed by atoms with E-state index in [9.17, 15) is 4.39 Å². The van der Waals surface area contributed by atoms with Crippen LogP contribution in [0.4, 0.5) is 4.39 Å². The second-order valence-corrected chi connectivity index (χ2v) is 5.07. The molecule has 1 aliphatic carbocycles. The van der Waals surface area contributed by atoms with Crippen LogP contribution in [-0.4, -0.2) is 9.55 Å². The van der Waals surface area contributed by atoms with Crippen LogP contribution < -0.4 is 5.73 Å². The monoisotopic (exact) mass is 247 g/mol. The van der Waals surface area contributed by atoms with Gasteiger partial charge in [0.2, 0.25) is 0 Å². The van der Waals surface area contributed by atoms with Crippen LogP contribution in [0.5, 0.6) is 0 Å². The van der Waals surface area contributed by atoms with Crippen LogP contribution in [-0.2, 0) is 0 Å². The highest BCUT2D eigenvalue weighted by molar-refractivity contribution is 5.77. The minimum absolute atomic E-state index is 0.0950. The molecule has 1 unspecified atom stereocenters. The molecule has 0 saturated heterocycles. The Labute approximate surface area is 106 Å². The second kappa shape index (κ2) is 4.35. The lowest BCUT2D eigenvalue weighted by molar-refractivity contribution is 0.561. The second-order valence-electron chi connectivity index (χ2n) is 5.07. The van der Waals surface area contributed by atoms with Crippen molar-refractivity contribution in [3.05, 3.63) is 29.8 Å². The van der Waals surface area contributed by atoms with E-state index in [0.717, 1.165) is 37.0 Å². The summed E-state index contributed by atoms with van der Waals surface area (Å²) in [5, 5.41) is 0. The summed E-state index contributed by atoms with van der Waals surface area (Å²) in [5.41, 5.74) is 7.53. The van der Waals surface area contributed by atoms with Crippen LogP contribution in [0.2, 0.25) is 0 Å². The number of nitrogens with two attached hydrogens (primary N) is 1. The van der Waals surface area contributed by atoms with Crippen molar-refractivity contribution < 1.29 is 4.39 Å². The third-order valence-electron chi connectivity index (χ3n) is 3.54. The van der Waals surface area contributed by atoms with E-state index in [-0.39, 0.29) is 11.9 Å². The van der Waals surface area contributed by atoms with E-state index in [1.54, 1.807) is 6.07 Å². The Morgan fingerprint density at radius 3 is 2.94 bits per heavy atom. The predicted octanol–water partition coefficient (Wildman–Crippen LogP) is 3.31. The highest BCUT2D eigenvalue weighted by Gasteiger charge is 2.30. The van der Waals surface area contributed by atoms with E-state index in [4.69, 9.17) is 5.73 Å². The van der Waals surface area contributed by atoms with Crippen LogP contribution in [0.15, 0.2) is 18.2 Å². The van der Waals surface area contributed by atoms with E-state index in [1.165, 1.54) is 6.07 Å². The number of hydrogen-bond acceptors (Lipinski definition) is 2. The Kier molecular flexibility index (Phi) is 2.82. The molecule has 1 saturated carbocycles. The standard InChI is InChI=1S/C14H18FN3/c1-2-4-11(16)14-17-13-10(15)5-3-6-12(13)18(14)9-7-8-9/h3,5-6,9,11H,2,4,7-8,16H2,1H3. The van der Waals surface area contributed by atoms with Gasteiger partial charge in [-0.2, -0.15) is 0 Å². The fourth-order valence-corrected chi connectivity index (χ4v) is 2.52. The lowest BCUT2D eigenvalue weighted by Crippen LogP contribution is -2.16. The molecule has 3 rings (SSSR count). The van der Waals surface area contributed by atoms with Crippen LogP contribution in [0.1, 0.15) is 50.5 Å². The fraction of sp³-hybridized carbons (Fsp3) is 0.500. The van der Waals surface area contributed by atoms with Gasteiger partial charge in [-0.1, -0.05) is 19.4 Å². The van der Waals surface area contributed by atoms with Gasteiger partial charge in [0, 0.05) is 6.04 Å². The SMILES string of the molecule is CCCC(N)c1nc2c(F)cccc2n1C1CC1. The molecule has 18 heavy (non-hydrogen) atoms. The van der Waals surface area contributed by atoms with Crippen molar-refractivity contribution >= 4 is 11.0 Å². The minimum Gasteiger partial charge on any atom is -0.323 e. The molecule has 4 heteroatoms. The summed E-state index contributed by atoms with van der Waals surface area (Å²) in [6.45, 7) is 2.10. The molecule has 1 heterocycles. The van der Waals surface area contributed by atoms with Crippen LogP contribution in [0.25, 0.3) is 11.0 Å². The number of hydrogen-bond donors (Lipinski definition) is 1. The Bertz CT molecular complexity index is 572. The number of fused-ring (bicyclic) bond motifs is 1. The molecule has 0 bridgehead atoms. The molecule has 1 aromatic carbocycles. The molecule has 96 valence electrons. The van der Waals surface area contributed by atoms with E-state index < -0.39 is 0 Å². The average Bonchev–Trinajstić information content (AvgIpc) is 3.10. The maximum absolute atomic E-state index is 13.8. The molecular formula is C14H18FN3. The molecule has 1 fully saturated rings. The largest absolute Gasteiger partial charge is 0.323 e. The maximum Gasteiger partial charge on any atom is 0.151 e. The zero-order valence-electron chi connectivity index (χ0n) is 10.6. The maximum atomic E-state index is 13.8. The Hall–Kier alpha value is -1.42. The van der Waals surface area contributed by atoms with Gasteiger partial charge < -0.3 is 10.3 Å². The van der Waals surface area contributed by atoms with Gasteiger partial charge in [0.25, 0.3) is 0 Å². The summed E-state index contributed by atoms with van der Waals surface area (Å²) in [5.74, 6) is 0.594. The summed E-state index contributed by atoms with van der Waals surface area (Å²) < 4.78 is 15.9. The Morgan fingerprint density at radius 2 is 2.28 bits per heavy atom. The zero-order chi connectivity index (χ0) is 12.7. The third kappa shape index (κ3) is 1.81. The van der Waals surface area contributed by atoms with Crippen molar-refractivity contribution in [3.8, 4) is 0 Å². The number of aromatic nitrogens is 2. The molecular weight excluding hydrogens is 229 g/mol. The van der Waals surface area contributed by atoms with Crippen molar-refractivity contribution in [2.24, 2.45) is 5.73 Å². The van der Waals surface area contributed by atoms with E-state index >= 15 is 0 Å². The summed E-state index contributed by atoms with van der Waals surface area (Å²) in [6, 6.07) is 5.51. The number of para-hydroxylation sites is 1. The Morgan fingerprint density at radius 1 is 1.50 bits per heavy atom. The van der Waals surface area contributed by atoms with E-state index in [0.29, 0.717) is 11.6 Å². The lowest BCUT2D eigenvalue weighted by atomic mass is 10.1. The minimum atomic E-state index is -0.253. The fourth-order valence-electron chi connectivity index (χ4n) is 2.52. The highest BCUT2D eigenvalue weighted by atomic mass is 19.1. The third-order valence-corrected chi connectivity index (χ3v) is 3.54. The molecule has 2 aromatic rings. The van der Waals surface area contributed by atoms with Crippen molar-refractivity contribution in [1.82, 2.24) is 9.55 Å². The van der Waals surface area contributed by atoms with Crippen LogP contribution in [0, 0.1) is 5.82 Å². The summed E-state index contributed by atoms with van der Waals surface area (Å²) in [4.78, 5) is 4.45. The molecule has 1 aliphatic rings. The molecule has 0 amide bonds. The molecule has 0 aliphatic heterocycles. The van der Waals surface area contributed by atoms with Gasteiger partial charge in [-0.25, -0.2) is 9.37 Å². The zero-order valence-corrected chi connectivity index (χ0v) is 10.6. The highest BCUT2D eigenvalue weighted by Crippen LogP contribution is 2.40. The van der Waals surface area contributed by atoms with Crippen molar-refractivity contribution in [1.29, 1.82) is 0 Å². The molecule has 1 atom stereocenters. The predicted molar refractivity (Wildman–Crippen MR) is 69.8 cm³/mol. The number of halogens is 1. The number of rotatable bonds is 4. The van der Waals surface area contributed by atoms with Gasteiger partial charge in [-0.05, 0) is 31.4 Å². The first-order valence-corrected chi connectivity index (χ1v) is 6.64. The summed E-state index contributed by atoms with van der Waals surface area (Å²) in [6.07, 6.45) is 4.19. The quantitative estimate of drug-likeness (QED) is 0.900. The topological polar surface area (TPSA) is 43.8 Å². The van der Waals surface area contributed by atoms with Crippen LogP contribution in [0.3, 0.4) is 0 Å². The number of imidazole rings is 1. The Balaban J connectivity index is 2.17.